The molecule has 4 aromatic carbocycles. The quantitative estimate of drug-likeness (QED) is 0.157. The maximum absolute atomic E-state index is 10.9. The summed E-state index contributed by atoms with van der Waals surface area (Å²) in [6.07, 6.45) is 1.62. The van der Waals surface area contributed by atoms with Gasteiger partial charge in [-0.3, -0.25) is 10.1 Å². The molecule has 4 aromatic rings. The molecular weight excluding hydrogens is 472 g/mol. The van der Waals surface area contributed by atoms with Crippen molar-refractivity contribution in [2.24, 2.45) is 5.16 Å². The second-order valence-electron chi connectivity index (χ2n) is 7.05. The Kier molecular flexibility index (Phi) is 6.77. The lowest BCUT2D eigenvalue weighted by atomic mass is 10.0. The summed E-state index contributed by atoms with van der Waals surface area (Å²) >= 11 is 3.44. The Morgan fingerprint density at radius 1 is 0.906 bits per heavy atom. The van der Waals surface area contributed by atoms with Crippen molar-refractivity contribution in [3.05, 3.63) is 116 Å². The van der Waals surface area contributed by atoms with Crippen LogP contribution in [0, 0.1) is 10.1 Å². The van der Waals surface area contributed by atoms with Gasteiger partial charge in [-0.25, -0.2) is 0 Å². The number of rotatable bonds is 8. The maximum atomic E-state index is 10.9. The van der Waals surface area contributed by atoms with Crippen molar-refractivity contribution in [1.82, 2.24) is 0 Å². The molecule has 0 aliphatic carbocycles. The molecule has 0 atom stereocenters. The molecule has 6 nitrogen and oxygen atoms in total. The highest BCUT2D eigenvalue weighted by molar-refractivity contribution is 9.10. The average Bonchev–Trinajstić information content (AvgIpc) is 2.82. The number of nitro groups is 1. The molecule has 0 aromatic heterocycles. The van der Waals surface area contributed by atoms with Gasteiger partial charge < -0.3 is 9.57 Å². The predicted molar refractivity (Wildman–Crippen MR) is 128 cm³/mol. The summed E-state index contributed by atoms with van der Waals surface area (Å²) in [7, 11) is 0. The van der Waals surface area contributed by atoms with Gasteiger partial charge in [0.05, 0.1) is 11.1 Å². The monoisotopic (exact) mass is 490 g/mol. The first kappa shape index (κ1) is 21.5. The Morgan fingerprint density at radius 2 is 1.72 bits per heavy atom. The minimum absolute atomic E-state index is 0.0211. The number of nitrogens with zero attached hydrogens (tertiary/aromatic N) is 2. The van der Waals surface area contributed by atoms with Crippen LogP contribution in [-0.2, 0) is 18.1 Å². The fraction of sp³-hybridized carbons (Fsp3) is 0.0800. The van der Waals surface area contributed by atoms with Crippen LogP contribution in [0.1, 0.15) is 16.7 Å². The van der Waals surface area contributed by atoms with E-state index in [9.17, 15) is 10.1 Å². The lowest BCUT2D eigenvalue weighted by Gasteiger charge is -2.12. The number of fused-ring (bicyclic) bond motifs is 1. The smallest absolute Gasteiger partial charge is 0.269 e. The summed E-state index contributed by atoms with van der Waals surface area (Å²) in [6, 6.07) is 26.1. The van der Waals surface area contributed by atoms with E-state index < -0.39 is 4.92 Å². The number of hydrogen-bond donors (Lipinski definition) is 0. The zero-order valence-electron chi connectivity index (χ0n) is 17.0. The van der Waals surface area contributed by atoms with Gasteiger partial charge in [-0.05, 0) is 40.1 Å². The molecule has 0 N–H and O–H groups in total. The summed E-state index contributed by atoms with van der Waals surface area (Å²) in [5, 5.41) is 17.1. The Hall–Kier alpha value is -3.71. The molecule has 160 valence electrons. The van der Waals surface area contributed by atoms with Gasteiger partial charge in [-0.2, -0.15) is 0 Å². The third-order valence-corrected chi connectivity index (χ3v) is 5.38. The highest BCUT2D eigenvalue weighted by Crippen LogP contribution is 2.28. The van der Waals surface area contributed by atoms with Crippen molar-refractivity contribution in [1.29, 1.82) is 0 Å². The van der Waals surface area contributed by atoms with Crippen LogP contribution in [0.2, 0.25) is 0 Å². The van der Waals surface area contributed by atoms with E-state index in [4.69, 9.17) is 9.57 Å². The largest absolute Gasteiger partial charge is 0.488 e. The summed E-state index contributed by atoms with van der Waals surface area (Å²) in [5.74, 6) is 0.689. The number of hydrogen-bond acceptors (Lipinski definition) is 5. The third kappa shape index (κ3) is 5.31. The number of benzene rings is 4. The lowest BCUT2D eigenvalue weighted by molar-refractivity contribution is -0.384. The summed E-state index contributed by atoms with van der Waals surface area (Å²) < 4.78 is 7.11. The molecule has 0 saturated heterocycles. The van der Waals surface area contributed by atoms with E-state index >= 15 is 0 Å². The first-order valence-corrected chi connectivity index (χ1v) is 10.7. The molecule has 0 unspecified atom stereocenters. The van der Waals surface area contributed by atoms with Gasteiger partial charge >= 0.3 is 0 Å². The molecule has 32 heavy (non-hydrogen) atoms. The van der Waals surface area contributed by atoms with Crippen LogP contribution in [0.3, 0.4) is 0 Å². The zero-order valence-corrected chi connectivity index (χ0v) is 18.6. The second-order valence-corrected chi connectivity index (χ2v) is 7.96. The lowest BCUT2D eigenvalue weighted by Crippen LogP contribution is -1.99. The van der Waals surface area contributed by atoms with Crippen LogP contribution in [0.4, 0.5) is 5.69 Å². The summed E-state index contributed by atoms with van der Waals surface area (Å²) in [4.78, 5) is 15.9. The van der Waals surface area contributed by atoms with Gasteiger partial charge in [-0.1, -0.05) is 75.7 Å². The molecule has 0 aliphatic rings. The van der Waals surface area contributed by atoms with Gasteiger partial charge in [0, 0.05) is 22.2 Å². The highest BCUT2D eigenvalue weighted by atomic mass is 79.9. The van der Waals surface area contributed by atoms with Gasteiger partial charge in [0.1, 0.15) is 19.0 Å². The minimum Gasteiger partial charge on any atom is -0.488 e. The average molecular weight is 491 g/mol. The standard InChI is InChI=1S/C25H19BrN2O4/c26-21-11-8-18(9-12-21)16-31-25-13-10-20-5-1-2-7-23(20)24(25)15-27-32-17-19-4-3-6-22(14-19)28(29)30/h1-15H,16-17H2/b27-15-. The van der Waals surface area contributed by atoms with Crippen molar-refractivity contribution < 1.29 is 14.5 Å². The Balaban J connectivity index is 1.53. The predicted octanol–water partition coefficient (Wildman–Crippen LogP) is 6.64. The maximum Gasteiger partial charge on any atom is 0.269 e. The van der Waals surface area contributed by atoms with Crippen LogP contribution in [0.5, 0.6) is 5.75 Å². The summed E-state index contributed by atoms with van der Waals surface area (Å²) in [5.41, 5.74) is 2.54. The first-order chi connectivity index (χ1) is 15.6. The van der Waals surface area contributed by atoms with Crippen LogP contribution < -0.4 is 4.74 Å². The van der Waals surface area contributed by atoms with Crippen molar-refractivity contribution in [3.63, 3.8) is 0 Å². The van der Waals surface area contributed by atoms with E-state index in [1.54, 1.807) is 18.3 Å². The first-order valence-electron chi connectivity index (χ1n) is 9.88. The number of nitro benzene ring substituents is 1. The van der Waals surface area contributed by atoms with Crippen molar-refractivity contribution in [2.45, 2.75) is 13.2 Å². The van der Waals surface area contributed by atoms with E-state index in [-0.39, 0.29) is 12.3 Å². The van der Waals surface area contributed by atoms with Crippen LogP contribution in [-0.4, -0.2) is 11.1 Å². The van der Waals surface area contributed by atoms with E-state index in [1.807, 2.05) is 60.7 Å². The van der Waals surface area contributed by atoms with Crippen LogP contribution in [0.25, 0.3) is 10.8 Å². The van der Waals surface area contributed by atoms with Crippen molar-refractivity contribution in [2.75, 3.05) is 0 Å². The molecule has 0 amide bonds. The Morgan fingerprint density at radius 3 is 2.53 bits per heavy atom. The summed E-state index contributed by atoms with van der Waals surface area (Å²) in [6.45, 7) is 0.541. The molecule has 0 spiro atoms. The topological polar surface area (TPSA) is 74.0 Å². The molecule has 0 aliphatic heterocycles. The van der Waals surface area contributed by atoms with Crippen molar-refractivity contribution >= 4 is 38.6 Å². The molecular formula is C25H19BrN2O4. The van der Waals surface area contributed by atoms with Gasteiger partial charge in [0.25, 0.3) is 5.69 Å². The van der Waals surface area contributed by atoms with Crippen LogP contribution >= 0.6 is 15.9 Å². The fourth-order valence-corrected chi connectivity index (χ4v) is 3.50. The van der Waals surface area contributed by atoms with E-state index in [0.717, 1.165) is 26.4 Å². The van der Waals surface area contributed by atoms with Crippen molar-refractivity contribution in [3.8, 4) is 5.75 Å². The Bertz CT molecular complexity index is 1270. The molecule has 7 heteroatoms. The minimum atomic E-state index is -0.433. The number of non-ortho nitro benzene ring substituents is 1. The van der Waals surface area contributed by atoms with Gasteiger partial charge in [0.15, 0.2) is 0 Å². The molecule has 0 saturated carbocycles. The van der Waals surface area contributed by atoms with Gasteiger partial charge in [0.2, 0.25) is 0 Å². The van der Waals surface area contributed by atoms with Crippen LogP contribution in [0.15, 0.2) is 94.6 Å². The Labute approximate surface area is 193 Å². The number of ether oxygens (including phenoxy) is 1. The molecule has 0 radical (unpaired) electrons. The van der Waals surface area contributed by atoms with E-state index in [0.29, 0.717) is 17.9 Å². The molecule has 4 rings (SSSR count). The molecule has 0 fully saturated rings. The normalized spacial score (nSPS) is 11.0. The van der Waals surface area contributed by atoms with E-state index in [2.05, 4.69) is 21.1 Å². The highest BCUT2D eigenvalue weighted by Gasteiger charge is 2.09. The SMILES string of the molecule is O=[N+]([O-])c1cccc(CO/N=C\c2c(OCc3ccc(Br)cc3)ccc3ccccc23)c1. The number of halogens is 1. The zero-order chi connectivity index (χ0) is 22.3. The van der Waals surface area contributed by atoms with E-state index in [1.165, 1.54) is 12.1 Å². The third-order valence-electron chi connectivity index (χ3n) is 4.85. The number of oxime groups is 1. The molecule has 0 bridgehead atoms. The molecule has 0 heterocycles. The fourth-order valence-electron chi connectivity index (χ4n) is 3.24. The van der Waals surface area contributed by atoms with Gasteiger partial charge in [-0.15, -0.1) is 0 Å². The second kappa shape index (κ2) is 10.1.